The highest BCUT2D eigenvalue weighted by Gasteiger charge is 2.14. The number of methoxy groups -OCH3 is 1. The van der Waals surface area contributed by atoms with Gasteiger partial charge in [0.15, 0.2) is 0 Å². The number of anilines is 1. The molecule has 0 radical (unpaired) electrons. The van der Waals surface area contributed by atoms with Crippen molar-refractivity contribution in [3.8, 4) is 5.75 Å². The fourth-order valence-corrected chi connectivity index (χ4v) is 3.20. The van der Waals surface area contributed by atoms with E-state index in [9.17, 15) is 5.11 Å². The van der Waals surface area contributed by atoms with E-state index in [1.807, 2.05) is 60.7 Å². The highest BCUT2D eigenvalue weighted by atomic mass is 79.9. The summed E-state index contributed by atoms with van der Waals surface area (Å²) in [5, 5.41) is 16.2. The quantitative estimate of drug-likeness (QED) is 0.505. The fourth-order valence-electron chi connectivity index (χ4n) is 2.51. The molecule has 0 aliphatic heterocycles. The summed E-state index contributed by atoms with van der Waals surface area (Å²) in [5.41, 5.74) is 5.14. The van der Waals surface area contributed by atoms with E-state index in [1.165, 1.54) is 0 Å². The Labute approximate surface area is 148 Å². The Morgan fingerprint density at radius 2 is 1.75 bits per heavy atom. The first-order valence-corrected chi connectivity index (χ1v) is 8.28. The van der Waals surface area contributed by atoms with Gasteiger partial charge < -0.3 is 9.84 Å². The number of aliphatic hydroxyl groups excluding tert-OH is 1. The molecule has 0 aliphatic rings. The molecule has 122 valence electrons. The Morgan fingerprint density at radius 3 is 2.42 bits per heavy atom. The van der Waals surface area contributed by atoms with Crippen LogP contribution in [-0.2, 0) is 0 Å². The standard InChI is InChI=1S/C19H17BrN2O2/c1-24-18-11-16(19(20)15-10-6-5-9-14(15)18)17(12-23)22-21-13-7-3-2-4-8-13/h2-11,21,23H,12H2,1H3. The van der Waals surface area contributed by atoms with Gasteiger partial charge >= 0.3 is 0 Å². The maximum Gasteiger partial charge on any atom is 0.127 e. The summed E-state index contributed by atoms with van der Waals surface area (Å²) in [6.07, 6.45) is 0. The first-order chi connectivity index (χ1) is 11.7. The van der Waals surface area contributed by atoms with Gasteiger partial charge in [-0.2, -0.15) is 5.10 Å². The van der Waals surface area contributed by atoms with Gasteiger partial charge in [-0.05, 0) is 34.1 Å². The summed E-state index contributed by atoms with van der Waals surface area (Å²) in [6, 6.07) is 19.4. The summed E-state index contributed by atoms with van der Waals surface area (Å²) in [6.45, 7) is -0.195. The highest BCUT2D eigenvalue weighted by Crippen LogP contribution is 2.35. The minimum absolute atomic E-state index is 0.195. The van der Waals surface area contributed by atoms with E-state index >= 15 is 0 Å². The van der Waals surface area contributed by atoms with Crippen LogP contribution in [0, 0.1) is 0 Å². The third-order valence-corrected chi connectivity index (χ3v) is 4.57. The fraction of sp³-hybridized carbons (Fsp3) is 0.105. The van der Waals surface area contributed by atoms with Crippen LogP contribution in [0.15, 0.2) is 70.2 Å². The van der Waals surface area contributed by atoms with Crippen LogP contribution in [0.4, 0.5) is 5.69 Å². The SMILES string of the molecule is COc1cc(C(CO)=NNc2ccccc2)c(Br)c2ccccc12. The monoisotopic (exact) mass is 384 g/mol. The lowest BCUT2D eigenvalue weighted by molar-refractivity contribution is 0.357. The second-order valence-electron chi connectivity index (χ2n) is 5.18. The van der Waals surface area contributed by atoms with Crippen molar-refractivity contribution in [1.82, 2.24) is 0 Å². The second-order valence-corrected chi connectivity index (χ2v) is 5.97. The number of hydrazone groups is 1. The lowest BCUT2D eigenvalue weighted by Crippen LogP contribution is -2.11. The van der Waals surface area contributed by atoms with Crippen LogP contribution in [0.2, 0.25) is 0 Å². The molecule has 5 heteroatoms. The molecule has 0 amide bonds. The van der Waals surface area contributed by atoms with Crippen molar-refractivity contribution >= 4 is 38.1 Å². The molecule has 4 nitrogen and oxygen atoms in total. The van der Waals surface area contributed by atoms with Crippen LogP contribution < -0.4 is 10.2 Å². The van der Waals surface area contributed by atoms with Gasteiger partial charge in [-0.3, -0.25) is 5.43 Å². The lowest BCUT2D eigenvalue weighted by Gasteiger charge is -2.13. The minimum atomic E-state index is -0.195. The molecule has 24 heavy (non-hydrogen) atoms. The van der Waals surface area contributed by atoms with Gasteiger partial charge in [-0.15, -0.1) is 0 Å². The number of hydrogen-bond donors (Lipinski definition) is 2. The van der Waals surface area contributed by atoms with Gasteiger partial charge in [-0.25, -0.2) is 0 Å². The van der Waals surface area contributed by atoms with Crippen molar-refractivity contribution in [1.29, 1.82) is 0 Å². The summed E-state index contributed by atoms with van der Waals surface area (Å²) in [7, 11) is 1.64. The Bertz CT molecular complexity index is 879. The molecule has 0 saturated carbocycles. The molecular weight excluding hydrogens is 368 g/mol. The number of rotatable bonds is 5. The van der Waals surface area contributed by atoms with Crippen molar-refractivity contribution in [3.63, 3.8) is 0 Å². The van der Waals surface area contributed by atoms with Crippen molar-refractivity contribution in [2.45, 2.75) is 0 Å². The van der Waals surface area contributed by atoms with Crippen molar-refractivity contribution in [3.05, 3.63) is 70.7 Å². The number of nitrogens with one attached hydrogen (secondary N) is 1. The maximum absolute atomic E-state index is 9.79. The molecule has 0 aliphatic carbocycles. The molecule has 3 aromatic rings. The average Bonchev–Trinajstić information content (AvgIpc) is 2.64. The van der Waals surface area contributed by atoms with E-state index in [0.717, 1.165) is 32.2 Å². The van der Waals surface area contributed by atoms with Crippen molar-refractivity contribution < 1.29 is 9.84 Å². The van der Waals surface area contributed by atoms with Crippen LogP contribution in [0.3, 0.4) is 0 Å². The molecule has 3 aromatic carbocycles. The zero-order chi connectivity index (χ0) is 16.9. The first-order valence-electron chi connectivity index (χ1n) is 7.48. The van der Waals surface area contributed by atoms with Gasteiger partial charge in [0.1, 0.15) is 5.75 Å². The smallest absolute Gasteiger partial charge is 0.127 e. The average molecular weight is 385 g/mol. The van der Waals surface area contributed by atoms with Gasteiger partial charge in [0, 0.05) is 20.8 Å². The number of ether oxygens (including phenoxy) is 1. The van der Waals surface area contributed by atoms with Gasteiger partial charge in [0.2, 0.25) is 0 Å². The molecule has 3 rings (SSSR count). The number of hydrogen-bond acceptors (Lipinski definition) is 4. The molecule has 0 saturated heterocycles. The van der Waals surface area contributed by atoms with E-state index in [2.05, 4.69) is 26.5 Å². The number of aliphatic hydroxyl groups is 1. The summed E-state index contributed by atoms with van der Waals surface area (Å²) >= 11 is 3.64. The van der Waals surface area contributed by atoms with E-state index in [-0.39, 0.29) is 6.61 Å². The molecule has 0 bridgehead atoms. The molecule has 0 unspecified atom stereocenters. The Hall–Kier alpha value is -2.37. The Morgan fingerprint density at radius 1 is 1.08 bits per heavy atom. The van der Waals surface area contributed by atoms with E-state index in [0.29, 0.717) is 5.71 Å². The third-order valence-electron chi connectivity index (χ3n) is 3.72. The molecule has 0 spiro atoms. The number of fused-ring (bicyclic) bond motifs is 1. The number of benzene rings is 3. The molecule has 0 atom stereocenters. The van der Waals surface area contributed by atoms with Crippen molar-refractivity contribution in [2.24, 2.45) is 5.10 Å². The van der Waals surface area contributed by atoms with Crippen LogP contribution in [0.1, 0.15) is 5.56 Å². The first kappa shape index (κ1) is 16.5. The van der Waals surface area contributed by atoms with Gasteiger partial charge in [-0.1, -0.05) is 42.5 Å². The molecular formula is C19H17BrN2O2. The molecule has 0 fully saturated rings. The second kappa shape index (κ2) is 7.47. The third kappa shape index (κ3) is 3.27. The normalized spacial score (nSPS) is 11.5. The Balaban J connectivity index is 2.07. The highest BCUT2D eigenvalue weighted by molar-refractivity contribution is 9.10. The van der Waals surface area contributed by atoms with E-state index in [4.69, 9.17) is 4.74 Å². The van der Waals surface area contributed by atoms with Crippen LogP contribution in [-0.4, -0.2) is 24.5 Å². The molecule has 0 heterocycles. The predicted octanol–water partition coefficient (Wildman–Crippen LogP) is 4.42. The number of para-hydroxylation sites is 1. The van der Waals surface area contributed by atoms with Crippen LogP contribution >= 0.6 is 15.9 Å². The molecule has 2 N–H and O–H groups in total. The zero-order valence-corrected chi connectivity index (χ0v) is 14.7. The van der Waals surface area contributed by atoms with E-state index in [1.54, 1.807) is 7.11 Å². The minimum Gasteiger partial charge on any atom is -0.496 e. The topological polar surface area (TPSA) is 53.9 Å². The maximum atomic E-state index is 9.79. The number of nitrogens with zero attached hydrogens (tertiary/aromatic N) is 1. The van der Waals surface area contributed by atoms with Crippen molar-refractivity contribution in [2.75, 3.05) is 19.1 Å². The van der Waals surface area contributed by atoms with Gasteiger partial charge in [0.25, 0.3) is 0 Å². The Kier molecular flexibility index (Phi) is 5.13. The largest absolute Gasteiger partial charge is 0.496 e. The molecule has 0 aromatic heterocycles. The summed E-state index contributed by atoms with van der Waals surface area (Å²) in [4.78, 5) is 0. The van der Waals surface area contributed by atoms with Crippen LogP contribution in [0.25, 0.3) is 10.8 Å². The lowest BCUT2D eigenvalue weighted by atomic mass is 10.0. The van der Waals surface area contributed by atoms with Gasteiger partial charge in [0.05, 0.1) is 25.1 Å². The van der Waals surface area contributed by atoms with Crippen LogP contribution in [0.5, 0.6) is 5.75 Å². The number of halogens is 1. The van der Waals surface area contributed by atoms with E-state index < -0.39 is 0 Å². The zero-order valence-electron chi connectivity index (χ0n) is 13.2. The predicted molar refractivity (Wildman–Crippen MR) is 102 cm³/mol. The summed E-state index contributed by atoms with van der Waals surface area (Å²) in [5.74, 6) is 0.740. The summed E-state index contributed by atoms with van der Waals surface area (Å²) < 4.78 is 6.38.